The summed E-state index contributed by atoms with van der Waals surface area (Å²) in [5, 5.41) is 22.1. The van der Waals surface area contributed by atoms with Crippen molar-refractivity contribution in [2.24, 2.45) is 5.92 Å². The van der Waals surface area contributed by atoms with E-state index in [-0.39, 0.29) is 11.5 Å². The lowest BCUT2D eigenvalue weighted by atomic mass is 9.99. The lowest BCUT2D eigenvalue weighted by molar-refractivity contribution is 0.378. The van der Waals surface area contributed by atoms with Gasteiger partial charge in [-0.25, -0.2) is 0 Å². The Morgan fingerprint density at radius 3 is 2.59 bits per heavy atom. The van der Waals surface area contributed by atoms with Crippen LogP contribution >= 0.6 is 0 Å². The Kier molecular flexibility index (Phi) is 3.89. The molecular weight excluding hydrogens is 214 g/mol. The van der Waals surface area contributed by atoms with E-state index >= 15 is 0 Å². The Morgan fingerprint density at radius 1 is 1.24 bits per heavy atom. The first-order valence-electron chi connectivity index (χ1n) is 6.41. The zero-order valence-corrected chi connectivity index (χ0v) is 10.3. The predicted octanol–water partition coefficient (Wildman–Crippen LogP) is 2.77. The van der Waals surface area contributed by atoms with Gasteiger partial charge in [-0.1, -0.05) is 18.9 Å². The molecule has 94 valence electrons. The molecule has 0 amide bonds. The van der Waals surface area contributed by atoms with E-state index in [0.717, 1.165) is 18.0 Å². The van der Waals surface area contributed by atoms with E-state index in [2.05, 4.69) is 12.2 Å². The van der Waals surface area contributed by atoms with E-state index in [4.69, 9.17) is 0 Å². The average Bonchev–Trinajstić information content (AvgIpc) is 2.84. The molecule has 1 atom stereocenters. The Balaban J connectivity index is 1.86. The summed E-state index contributed by atoms with van der Waals surface area (Å²) in [5.74, 6) is 0.691. The lowest BCUT2D eigenvalue weighted by Crippen LogP contribution is -2.31. The minimum Gasteiger partial charge on any atom is -0.504 e. The number of hydrogen-bond donors (Lipinski definition) is 3. The summed E-state index contributed by atoms with van der Waals surface area (Å²) in [6, 6.07) is 5.51. The molecule has 0 aliphatic heterocycles. The average molecular weight is 235 g/mol. The monoisotopic (exact) mass is 235 g/mol. The molecule has 0 unspecified atom stereocenters. The first-order chi connectivity index (χ1) is 8.16. The molecule has 1 aliphatic carbocycles. The van der Waals surface area contributed by atoms with Crippen molar-refractivity contribution in [3.8, 4) is 11.5 Å². The highest BCUT2D eigenvalue weighted by molar-refractivity contribution is 5.40. The molecule has 0 radical (unpaired) electrons. The molecule has 2 rings (SSSR count). The quantitative estimate of drug-likeness (QED) is 0.703. The van der Waals surface area contributed by atoms with E-state index in [0.29, 0.717) is 6.04 Å². The number of rotatable bonds is 4. The van der Waals surface area contributed by atoms with Crippen LogP contribution in [0.2, 0.25) is 0 Å². The maximum atomic E-state index is 9.40. The second kappa shape index (κ2) is 5.41. The summed E-state index contributed by atoms with van der Waals surface area (Å²) in [7, 11) is 0. The van der Waals surface area contributed by atoms with Crippen LogP contribution in [0.15, 0.2) is 18.2 Å². The van der Waals surface area contributed by atoms with Crippen LogP contribution in [0.4, 0.5) is 0 Å². The number of phenolic OH excluding ortho intramolecular Hbond substituents is 2. The van der Waals surface area contributed by atoms with Gasteiger partial charge in [-0.3, -0.25) is 0 Å². The highest BCUT2D eigenvalue weighted by Gasteiger charge is 2.20. The zero-order valence-electron chi connectivity index (χ0n) is 10.3. The molecule has 3 N–H and O–H groups in total. The van der Waals surface area contributed by atoms with Gasteiger partial charge in [0.05, 0.1) is 0 Å². The first kappa shape index (κ1) is 12.2. The zero-order chi connectivity index (χ0) is 12.3. The molecule has 17 heavy (non-hydrogen) atoms. The molecule has 1 saturated carbocycles. The van der Waals surface area contributed by atoms with E-state index in [1.165, 1.54) is 31.7 Å². The third-order valence-corrected chi connectivity index (χ3v) is 3.77. The van der Waals surface area contributed by atoms with Crippen LogP contribution in [-0.2, 0) is 6.54 Å². The van der Waals surface area contributed by atoms with E-state index < -0.39 is 0 Å². The molecule has 0 spiro atoms. The van der Waals surface area contributed by atoms with Crippen LogP contribution in [0.25, 0.3) is 0 Å². The van der Waals surface area contributed by atoms with Crippen molar-refractivity contribution in [1.82, 2.24) is 5.32 Å². The van der Waals surface area contributed by atoms with Crippen LogP contribution in [0, 0.1) is 5.92 Å². The third-order valence-electron chi connectivity index (χ3n) is 3.77. The van der Waals surface area contributed by atoms with Gasteiger partial charge < -0.3 is 15.5 Å². The van der Waals surface area contributed by atoms with Gasteiger partial charge in [0.25, 0.3) is 0 Å². The smallest absolute Gasteiger partial charge is 0.157 e. The number of phenols is 2. The lowest BCUT2D eigenvalue weighted by Gasteiger charge is -2.20. The summed E-state index contributed by atoms with van der Waals surface area (Å²) in [6.45, 7) is 2.97. The molecule has 0 saturated heterocycles. The van der Waals surface area contributed by atoms with E-state index in [1.807, 2.05) is 6.07 Å². The van der Waals surface area contributed by atoms with Gasteiger partial charge in [-0.15, -0.1) is 0 Å². The Labute approximate surface area is 102 Å². The van der Waals surface area contributed by atoms with Crippen LogP contribution in [-0.4, -0.2) is 16.3 Å². The number of hydrogen-bond acceptors (Lipinski definition) is 3. The summed E-state index contributed by atoms with van der Waals surface area (Å²) in [6.07, 6.45) is 5.37. The molecule has 1 aromatic rings. The highest BCUT2D eigenvalue weighted by Crippen LogP contribution is 2.28. The fourth-order valence-electron chi connectivity index (χ4n) is 2.58. The number of nitrogens with one attached hydrogen (secondary N) is 1. The fourth-order valence-corrected chi connectivity index (χ4v) is 2.58. The topological polar surface area (TPSA) is 52.5 Å². The van der Waals surface area contributed by atoms with Gasteiger partial charge in [0.15, 0.2) is 11.5 Å². The van der Waals surface area contributed by atoms with Crippen molar-refractivity contribution in [1.29, 1.82) is 0 Å². The van der Waals surface area contributed by atoms with E-state index in [9.17, 15) is 10.2 Å². The molecule has 0 aromatic heterocycles. The van der Waals surface area contributed by atoms with Crippen LogP contribution < -0.4 is 5.32 Å². The van der Waals surface area contributed by atoms with Crippen molar-refractivity contribution in [3.63, 3.8) is 0 Å². The second-order valence-corrected chi connectivity index (χ2v) is 5.04. The molecule has 3 nitrogen and oxygen atoms in total. The number of benzene rings is 1. The van der Waals surface area contributed by atoms with Crippen molar-refractivity contribution in [2.75, 3.05) is 0 Å². The maximum absolute atomic E-state index is 9.40. The molecule has 0 heterocycles. The Morgan fingerprint density at radius 2 is 1.94 bits per heavy atom. The van der Waals surface area contributed by atoms with Gasteiger partial charge in [0.2, 0.25) is 0 Å². The standard InChI is InChI=1S/C14H21NO2/c1-10(12-4-2-3-5-12)15-9-11-6-7-13(16)14(17)8-11/h6-8,10,12,15-17H,2-5,9H2,1H3/t10-/m0/s1. The Bertz CT molecular complexity index is 372. The van der Waals surface area contributed by atoms with Gasteiger partial charge in [-0.05, 0) is 43.4 Å². The summed E-state index contributed by atoms with van der Waals surface area (Å²) in [5.41, 5.74) is 1.00. The van der Waals surface area contributed by atoms with Crippen molar-refractivity contribution >= 4 is 0 Å². The molecular formula is C14H21NO2. The fraction of sp³-hybridized carbons (Fsp3) is 0.571. The van der Waals surface area contributed by atoms with Crippen molar-refractivity contribution < 1.29 is 10.2 Å². The normalized spacial score (nSPS) is 18.4. The highest BCUT2D eigenvalue weighted by atomic mass is 16.3. The molecule has 1 fully saturated rings. The minimum absolute atomic E-state index is 0.0437. The van der Waals surface area contributed by atoms with Crippen LogP contribution in [0.1, 0.15) is 38.2 Å². The van der Waals surface area contributed by atoms with Crippen molar-refractivity contribution in [3.05, 3.63) is 23.8 Å². The predicted molar refractivity (Wildman–Crippen MR) is 68.0 cm³/mol. The molecule has 3 heteroatoms. The molecule has 1 aliphatic rings. The summed E-state index contributed by atoms with van der Waals surface area (Å²) < 4.78 is 0. The second-order valence-electron chi connectivity index (χ2n) is 5.04. The largest absolute Gasteiger partial charge is 0.504 e. The minimum atomic E-state index is -0.0578. The molecule has 1 aromatic carbocycles. The van der Waals surface area contributed by atoms with Gasteiger partial charge in [0.1, 0.15) is 0 Å². The molecule has 0 bridgehead atoms. The van der Waals surface area contributed by atoms with E-state index in [1.54, 1.807) is 6.07 Å². The van der Waals surface area contributed by atoms with Gasteiger partial charge in [-0.2, -0.15) is 0 Å². The summed E-state index contributed by atoms with van der Waals surface area (Å²) >= 11 is 0. The SMILES string of the molecule is C[C@H](NCc1ccc(O)c(O)c1)C1CCCC1. The van der Waals surface area contributed by atoms with Gasteiger partial charge >= 0.3 is 0 Å². The number of aromatic hydroxyl groups is 2. The summed E-state index contributed by atoms with van der Waals surface area (Å²) in [4.78, 5) is 0. The first-order valence-corrected chi connectivity index (χ1v) is 6.41. The van der Waals surface area contributed by atoms with Crippen LogP contribution in [0.5, 0.6) is 11.5 Å². The van der Waals surface area contributed by atoms with Crippen molar-refractivity contribution in [2.45, 2.75) is 45.2 Å². The Hall–Kier alpha value is -1.22. The third kappa shape index (κ3) is 3.13. The van der Waals surface area contributed by atoms with Crippen LogP contribution in [0.3, 0.4) is 0 Å². The maximum Gasteiger partial charge on any atom is 0.157 e. The van der Waals surface area contributed by atoms with Gasteiger partial charge in [0, 0.05) is 12.6 Å².